The lowest BCUT2D eigenvalue weighted by Crippen LogP contribution is -2.12. The van der Waals surface area contributed by atoms with E-state index in [9.17, 15) is 9.67 Å². The Bertz CT molecular complexity index is 211. The maximum absolute atomic E-state index is 12.1. The number of aliphatic hydroxyl groups excluding tert-OH is 1. The molecule has 1 N–H and O–H groups in total. The van der Waals surface area contributed by atoms with Gasteiger partial charge in [-0.05, 0) is 20.3 Å². The van der Waals surface area contributed by atoms with Gasteiger partial charge in [0.15, 0.2) is 5.85 Å². The Morgan fingerprint density at radius 3 is 2.00 bits per heavy atom. The molecule has 104 valence electrons. The van der Waals surface area contributed by atoms with Crippen LogP contribution in [0.4, 0.5) is 0 Å². The van der Waals surface area contributed by atoms with Crippen molar-refractivity contribution in [1.29, 1.82) is 0 Å². The second-order valence-electron chi connectivity index (χ2n) is 4.06. The lowest BCUT2D eigenvalue weighted by molar-refractivity contribution is 0.142. The van der Waals surface area contributed by atoms with Gasteiger partial charge in [-0.3, -0.25) is 4.57 Å². The molecule has 0 fully saturated rings. The van der Waals surface area contributed by atoms with E-state index in [1.54, 1.807) is 13.8 Å². The van der Waals surface area contributed by atoms with E-state index in [-0.39, 0.29) is 0 Å². The van der Waals surface area contributed by atoms with Crippen LogP contribution in [0.1, 0.15) is 59.3 Å². The van der Waals surface area contributed by atoms with Crippen LogP contribution in [-0.4, -0.2) is 24.2 Å². The first-order chi connectivity index (χ1) is 8.10. The molecular weight excluding hydrogens is 239 g/mol. The maximum Gasteiger partial charge on any atom is 0.358 e. The third kappa shape index (κ3) is 7.20. The molecule has 0 unspecified atom stereocenters. The largest absolute Gasteiger partial charge is 0.380 e. The maximum atomic E-state index is 12.1. The first-order valence-electron chi connectivity index (χ1n) is 6.67. The second kappa shape index (κ2) is 10.1. The van der Waals surface area contributed by atoms with Crippen molar-refractivity contribution in [3.05, 3.63) is 0 Å². The van der Waals surface area contributed by atoms with E-state index >= 15 is 0 Å². The smallest absolute Gasteiger partial charge is 0.358 e. The van der Waals surface area contributed by atoms with Crippen LogP contribution in [0.3, 0.4) is 0 Å². The van der Waals surface area contributed by atoms with Crippen molar-refractivity contribution in [2.75, 3.05) is 13.2 Å². The minimum Gasteiger partial charge on any atom is -0.380 e. The summed E-state index contributed by atoms with van der Waals surface area (Å²) in [7, 11) is -3.31. The first-order valence-corrected chi connectivity index (χ1v) is 8.28. The molecule has 5 heteroatoms. The molecule has 0 saturated heterocycles. The highest BCUT2D eigenvalue weighted by Gasteiger charge is 2.33. The monoisotopic (exact) mass is 266 g/mol. The zero-order valence-electron chi connectivity index (χ0n) is 11.4. The van der Waals surface area contributed by atoms with Gasteiger partial charge in [0.1, 0.15) is 0 Å². The van der Waals surface area contributed by atoms with Crippen LogP contribution < -0.4 is 0 Å². The molecule has 0 aromatic rings. The molecule has 0 aromatic heterocycles. The molecule has 1 atom stereocenters. The summed E-state index contributed by atoms with van der Waals surface area (Å²) in [6.45, 7) is 6.25. The number of hydrogen-bond donors (Lipinski definition) is 1. The molecule has 4 nitrogen and oxygen atoms in total. The van der Waals surface area contributed by atoms with Gasteiger partial charge in [0.05, 0.1) is 13.2 Å². The van der Waals surface area contributed by atoms with Crippen molar-refractivity contribution in [3.63, 3.8) is 0 Å². The number of aliphatic hydroxyl groups is 1. The standard InChI is InChI=1S/C12H27O4P/c1-4-7-8-9-10-11-12(13)17(14,15-5-2)16-6-3/h12-13H,4-11H2,1-3H3/t12-/m0/s1. The van der Waals surface area contributed by atoms with E-state index in [2.05, 4.69) is 6.92 Å². The number of rotatable bonds is 11. The summed E-state index contributed by atoms with van der Waals surface area (Å²) < 4.78 is 22.3. The van der Waals surface area contributed by atoms with Gasteiger partial charge < -0.3 is 14.2 Å². The molecule has 0 amide bonds. The van der Waals surface area contributed by atoms with E-state index in [0.717, 1.165) is 19.3 Å². The van der Waals surface area contributed by atoms with E-state index in [1.165, 1.54) is 12.8 Å². The highest BCUT2D eigenvalue weighted by Crippen LogP contribution is 2.53. The van der Waals surface area contributed by atoms with Crippen molar-refractivity contribution in [3.8, 4) is 0 Å². The summed E-state index contributed by atoms with van der Waals surface area (Å²) in [6.07, 6.45) is 5.98. The van der Waals surface area contributed by atoms with Gasteiger partial charge >= 0.3 is 7.60 Å². The lowest BCUT2D eigenvalue weighted by atomic mass is 10.1. The predicted octanol–water partition coefficient (Wildman–Crippen LogP) is 3.93. The fourth-order valence-electron chi connectivity index (χ4n) is 1.66. The predicted molar refractivity (Wildman–Crippen MR) is 70.2 cm³/mol. The molecule has 0 bridgehead atoms. The van der Waals surface area contributed by atoms with Crippen molar-refractivity contribution < 1.29 is 18.7 Å². The van der Waals surface area contributed by atoms with Crippen LogP contribution in [0.2, 0.25) is 0 Å². The molecule has 0 aliphatic rings. The minimum absolute atomic E-state index is 0.296. The molecule has 17 heavy (non-hydrogen) atoms. The summed E-state index contributed by atoms with van der Waals surface area (Å²) >= 11 is 0. The lowest BCUT2D eigenvalue weighted by Gasteiger charge is -2.22. The second-order valence-corrected chi connectivity index (χ2v) is 6.25. The first kappa shape index (κ1) is 17.1. The van der Waals surface area contributed by atoms with Crippen molar-refractivity contribution in [2.45, 2.75) is 65.1 Å². The van der Waals surface area contributed by atoms with E-state index < -0.39 is 13.4 Å². The van der Waals surface area contributed by atoms with Crippen LogP contribution in [0.15, 0.2) is 0 Å². The van der Waals surface area contributed by atoms with Crippen LogP contribution in [0.5, 0.6) is 0 Å². The van der Waals surface area contributed by atoms with Gasteiger partial charge in [0.25, 0.3) is 0 Å². The normalized spacial score (nSPS) is 13.9. The Morgan fingerprint density at radius 1 is 1.00 bits per heavy atom. The molecular formula is C12H27O4P. The average Bonchev–Trinajstić information content (AvgIpc) is 2.29. The summed E-state index contributed by atoms with van der Waals surface area (Å²) in [5, 5.41) is 9.87. The highest BCUT2D eigenvalue weighted by atomic mass is 31.2. The molecule has 0 aliphatic heterocycles. The van der Waals surface area contributed by atoms with Gasteiger partial charge in [-0.2, -0.15) is 0 Å². The third-order valence-corrected chi connectivity index (χ3v) is 4.77. The van der Waals surface area contributed by atoms with Crippen LogP contribution >= 0.6 is 7.60 Å². The van der Waals surface area contributed by atoms with E-state index in [4.69, 9.17) is 9.05 Å². The quantitative estimate of drug-likeness (QED) is 0.454. The summed E-state index contributed by atoms with van der Waals surface area (Å²) in [6, 6.07) is 0. The minimum atomic E-state index is -3.31. The van der Waals surface area contributed by atoms with Crippen molar-refractivity contribution in [2.24, 2.45) is 0 Å². The Labute approximate surface area is 105 Å². The Kier molecular flexibility index (Phi) is 10.1. The zero-order chi connectivity index (χ0) is 13.1. The van der Waals surface area contributed by atoms with Crippen LogP contribution in [-0.2, 0) is 13.6 Å². The topological polar surface area (TPSA) is 55.8 Å². The van der Waals surface area contributed by atoms with Gasteiger partial charge in [-0.15, -0.1) is 0 Å². The van der Waals surface area contributed by atoms with Gasteiger partial charge in [-0.1, -0.05) is 39.0 Å². The molecule has 0 spiro atoms. The van der Waals surface area contributed by atoms with Gasteiger partial charge in [0, 0.05) is 0 Å². The zero-order valence-corrected chi connectivity index (χ0v) is 12.2. The fourth-order valence-corrected chi connectivity index (χ4v) is 3.30. The number of unbranched alkanes of at least 4 members (excludes halogenated alkanes) is 4. The van der Waals surface area contributed by atoms with Gasteiger partial charge in [0.2, 0.25) is 0 Å². The Morgan fingerprint density at radius 2 is 1.53 bits per heavy atom. The molecule has 0 heterocycles. The molecule has 0 rings (SSSR count). The van der Waals surface area contributed by atoms with E-state index in [0.29, 0.717) is 19.6 Å². The van der Waals surface area contributed by atoms with E-state index in [1.807, 2.05) is 0 Å². The molecule has 0 aliphatic carbocycles. The summed E-state index contributed by atoms with van der Waals surface area (Å²) in [5.41, 5.74) is 0. The Balaban J connectivity index is 3.97. The summed E-state index contributed by atoms with van der Waals surface area (Å²) in [5.74, 6) is -0.982. The average molecular weight is 266 g/mol. The highest BCUT2D eigenvalue weighted by molar-refractivity contribution is 7.54. The van der Waals surface area contributed by atoms with Crippen LogP contribution in [0, 0.1) is 0 Å². The van der Waals surface area contributed by atoms with Crippen molar-refractivity contribution >= 4 is 7.60 Å². The molecule has 0 aromatic carbocycles. The molecule has 0 saturated carbocycles. The van der Waals surface area contributed by atoms with Crippen molar-refractivity contribution in [1.82, 2.24) is 0 Å². The van der Waals surface area contributed by atoms with Crippen LogP contribution in [0.25, 0.3) is 0 Å². The SMILES string of the molecule is CCCCCCC[C@@H](O)P(=O)(OCC)OCC. The molecule has 0 radical (unpaired) electrons. The van der Waals surface area contributed by atoms with Gasteiger partial charge in [-0.25, -0.2) is 0 Å². The number of hydrogen-bond acceptors (Lipinski definition) is 4. The Hall–Kier alpha value is 0.110. The summed E-state index contributed by atoms with van der Waals surface area (Å²) in [4.78, 5) is 0. The fraction of sp³-hybridized carbons (Fsp3) is 1.00. The third-order valence-electron chi connectivity index (χ3n) is 2.55.